The van der Waals surface area contributed by atoms with Crippen LogP contribution in [0.15, 0.2) is 30.4 Å². The molecule has 2 amide bonds. The highest BCUT2D eigenvalue weighted by atomic mass is 35.5. The van der Waals surface area contributed by atoms with E-state index in [4.69, 9.17) is 16.3 Å². The number of fused-ring (bicyclic) bond motifs is 5. The third-order valence-electron chi connectivity index (χ3n) is 4.78. The molecule has 2 fully saturated rings. The SMILES string of the molecule is O=C1[C@H]2[C@@H]3C=C[C@@](CO)(O3)[C@@H]2C(=O)N1c1cc([N+](=O)[O-])ccc1Cl. The molecule has 3 aliphatic rings. The third-order valence-corrected chi connectivity index (χ3v) is 5.10. The lowest BCUT2D eigenvalue weighted by atomic mass is 9.77. The van der Waals surface area contributed by atoms with E-state index < -0.39 is 46.9 Å². The molecule has 4 atom stereocenters. The first-order chi connectivity index (χ1) is 11.4. The standard InChI is InChI=1S/C15H11ClN2O6/c16-8-2-1-7(18(22)23)5-9(8)17-13(20)11-10-3-4-15(6-19,24-10)12(11)14(17)21/h1-5,10-12,19H,6H2/t10-,11-,12-,15-/m0/s1. The number of hydrogen-bond donors (Lipinski definition) is 1. The molecule has 1 aromatic rings. The van der Waals surface area contributed by atoms with Crippen molar-refractivity contribution >= 4 is 34.8 Å². The molecular formula is C15H11ClN2O6. The second-order valence-corrected chi connectivity index (χ2v) is 6.37. The summed E-state index contributed by atoms with van der Waals surface area (Å²) >= 11 is 6.06. The fourth-order valence-corrected chi connectivity index (χ4v) is 3.91. The van der Waals surface area contributed by atoms with Crippen molar-refractivity contribution < 1.29 is 24.4 Å². The van der Waals surface area contributed by atoms with Crippen LogP contribution in [-0.2, 0) is 14.3 Å². The minimum Gasteiger partial charge on any atom is -0.393 e. The Labute approximate surface area is 140 Å². The number of ether oxygens (including phenoxy) is 1. The number of imide groups is 1. The first-order valence-electron chi connectivity index (χ1n) is 7.19. The summed E-state index contributed by atoms with van der Waals surface area (Å²) in [5.41, 5.74) is -1.52. The van der Waals surface area contributed by atoms with Crippen molar-refractivity contribution in [2.24, 2.45) is 11.8 Å². The minimum absolute atomic E-state index is 0.0252. The lowest BCUT2D eigenvalue weighted by Gasteiger charge is -2.26. The number of anilines is 1. The van der Waals surface area contributed by atoms with Gasteiger partial charge in [-0.25, -0.2) is 4.90 Å². The van der Waals surface area contributed by atoms with Gasteiger partial charge >= 0.3 is 0 Å². The molecule has 0 saturated carbocycles. The van der Waals surface area contributed by atoms with Gasteiger partial charge in [0.05, 0.1) is 40.2 Å². The molecular weight excluding hydrogens is 340 g/mol. The van der Waals surface area contributed by atoms with Gasteiger partial charge in [-0.15, -0.1) is 0 Å². The number of carbonyl (C=O) groups is 2. The van der Waals surface area contributed by atoms with Gasteiger partial charge in [-0.2, -0.15) is 0 Å². The average Bonchev–Trinajstić information content (AvgIpc) is 3.19. The number of aliphatic hydroxyl groups is 1. The molecule has 1 aromatic carbocycles. The quantitative estimate of drug-likeness (QED) is 0.377. The topological polar surface area (TPSA) is 110 Å². The Balaban J connectivity index is 1.80. The number of carbonyl (C=O) groups excluding carboxylic acids is 2. The summed E-state index contributed by atoms with van der Waals surface area (Å²) in [5, 5.41) is 20.7. The van der Waals surface area contributed by atoms with Crippen molar-refractivity contribution in [1.82, 2.24) is 0 Å². The van der Waals surface area contributed by atoms with Crippen molar-refractivity contribution in [1.29, 1.82) is 0 Å². The van der Waals surface area contributed by atoms with E-state index in [9.17, 15) is 24.8 Å². The molecule has 0 aromatic heterocycles. The first-order valence-corrected chi connectivity index (χ1v) is 7.57. The van der Waals surface area contributed by atoms with Gasteiger partial charge in [0, 0.05) is 12.1 Å². The first kappa shape index (κ1) is 15.3. The Morgan fingerprint density at radius 2 is 2.12 bits per heavy atom. The summed E-state index contributed by atoms with van der Waals surface area (Å²) in [4.78, 5) is 36.8. The maximum Gasteiger partial charge on any atom is 0.271 e. The van der Waals surface area contributed by atoms with Crippen LogP contribution in [0.5, 0.6) is 0 Å². The van der Waals surface area contributed by atoms with E-state index in [1.54, 1.807) is 12.2 Å². The molecule has 3 aliphatic heterocycles. The van der Waals surface area contributed by atoms with Crippen molar-refractivity contribution in [3.63, 3.8) is 0 Å². The molecule has 124 valence electrons. The van der Waals surface area contributed by atoms with Crippen LogP contribution < -0.4 is 4.90 Å². The zero-order valence-electron chi connectivity index (χ0n) is 12.1. The number of nitro groups is 1. The van der Waals surface area contributed by atoms with E-state index in [0.29, 0.717) is 0 Å². The van der Waals surface area contributed by atoms with Crippen molar-refractivity contribution in [3.05, 3.63) is 45.5 Å². The Morgan fingerprint density at radius 3 is 2.79 bits per heavy atom. The summed E-state index contributed by atoms with van der Waals surface area (Å²) < 4.78 is 5.62. The fourth-order valence-electron chi connectivity index (χ4n) is 3.71. The average molecular weight is 351 g/mol. The number of benzene rings is 1. The molecule has 2 saturated heterocycles. The Hall–Kier alpha value is -2.29. The van der Waals surface area contributed by atoms with Gasteiger partial charge in [-0.1, -0.05) is 23.8 Å². The summed E-state index contributed by atoms with van der Waals surface area (Å²) in [6.07, 6.45) is 2.66. The van der Waals surface area contributed by atoms with Crippen LogP contribution in [0.1, 0.15) is 0 Å². The highest BCUT2D eigenvalue weighted by Gasteiger charge is 2.67. The lowest BCUT2D eigenvalue weighted by Crippen LogP contribution is -2.43. The molecule has 4 rings (SSSR count). The van der Waals surface area contributed by atoms with Crippen molar-refractivity contribution in [3.8, 4) is 0 Å². The van der Waals surface area contributed by atoms with Gasteiger partial charge in [0.25, 0.3) is 5.69 Å². The zero-order valence-corrected chi connectivity index (χ0v) is 12.8. The van der Waals surface area contributed by atoms with Gasteiger partial charge in [0.1, 0.15) is 5.60 Å². The molecule has 0 spiro atoms. The maximum absolute atomic E-state index is 12.8. The van der Waals surface area contributed by atoms with Crippen molar-refractivity contribution in [2.45, 2.75) is 11.7 Å². The van der Waals surface area contributed by atoms with Crippen LogP contribution in [0.4, 0.5) is 11.4 Å². The summed E-state index contributed by atoms with van der Waals surface area (Å²) in [7, 11) is 0. The zero-order chi connectivity index (χ0) is 17.2. The maximum atomic E-state index is 12.8. The smallest absolute Gasteiger partial charge is 0.271 e. The molecule has 0 radical (unpaired) electrons. The van der Waals surface area contributed by atoms with E-state index in [2.05, 4.69) is 0 Å². The van der Waals surface area contributed by atoms with Crippen LogP contribution >= 0.6 is 11.6 Å². The van der Waals surface area contributed by atoms with E-state index in [1.807, 2.05) is 0 Å². The van der Waals surface area contributed by atoms with E-state index in [1.165, 1.54) is 12.1 Å². The Bertz CT molecular complexity index is 824. The predicted molar refractivity (Wildman–Crippen MR) is 81.4 cm³/mol. The molecule has 0 aliphatic carbocycles. The van der Waals surface area contributed by atoms with Crippen LogP contribution in [0, 0.1) is 22.0 Å². The molecule has 8 nitrogen and oxygen atoms in total. The van der Waals surface area contributed by atoms with Gasteiger partial charge in [-0.3, -0.25) is 19.7 Å². The van der Waals surface area contributed by atoms with Gasteiger partial charge in [0.2, 0.25) is 11.8 Å². The van der Waals surface area contributed by atoms with Crippen LogP contribution in [0.3, 0.4) is 0 Å². The molecule has 9 heteroatoms. The third kappa shape index (κ3) is 1.75. The monoisotopic (exact) mass is 350 g/mol. The van der Waals surface area contributed by atoms with Crippen LogP contribution in [0.25, 0.3) is 0 Å². The van der Waals surface area contributed by atoms with Gasteiger partial charge < -0.3 is 9.84 Å². The van der Waals surface area contributed by atoms with Gasteiger partial charge in [0.15, 0.2) is 0 Å². The fraction of sp³-hybridized carbons (Fsp3) is 0.333. The van der Waals surface area contributed by atoms with Crippen LogP contribution in [-0.4, -0.2) is 40.2 Å². The Morgan fingerprint density at radius 1 is 1.38 bits per heavy atom. The van der Waals surface area contributed by atoms with E-state index >= 15 is 0 Å². The second-order valence-electron chi connectivity index (χ2n) is 5.96. The van der Waals surface area contributed by atoms with Gasteiger partial charge in [-0.05, 0) is 6.07 Å². The number of hydrogen-bond acceptors (Lipinski definition) is 6. The number of amides is 2. The highest BCUT2D eigenvalue weighted by Crippen LogP contribution is 2.52. The second kappa shape index (κ2) is 4.85. The van der Waals surface area contributed by atoms with Crippen molar-refractivity contribution in [2.75, 3.05) is 11.5 Å². The number of nitrogens with zero attached hydrogens (tertiary/aromatic N) is 2. The highest BCUT2D eigenvalue weighted by molar-refractivity contribution is 6.36. The Kier molecular flexibility index (Phi) is 3.08. The number of aliphatic hydroxyl groups excluding tert-OH is 1. The number of nitro benzene ring substituents is 1. The summed E-state index contributed by atoms with van der Waals surface area (Å²) in [6, 6.07) is 3.57. The van der Waals surface area contributed by atoms with E-state index in [-0.39, 0.29) is 16.4 Å². The van der Waals surface area contributed by atoms with E-state index in [0.717, 1.165) is 11.0 Å². The molecule has 0 unspecified atom stereocenters. The molecule has 1 N–H and O–H groups in total. The normalized spacial score (nSPS) is 33.4. The summed E-state index contributed by atoms with van der Waals surface area (Å²) in [6.45, 7) is -0.434. The lowest BCUT2D eigenvalue weighted by molar-refractivity contribution is -0.384. The largest absolute Gasteiger partial charge is 0.393 e. The summed E-state index contributed by atoms with van der Waals surface area (Å²) in [5.74, 6) is -2.73. The van der Waals surface area contributed by atoms with Crippen LogP contribution in [0.2, 0.25) is 5.02 Å². The molecule has 3 heterocycles. The minimum atomic E-state index is -1.22. The number of halogens is 1. The number of non-ortho nitro benzene ring substituents is 1. The molecule has 24 heavy (non-hydrogen) atoms. The molecule has 2 bridgehead atoms. The predicted octanol–water partition coefficient (Wildman–Crippen LogP) is 1.05. The number of rotatable bonds is 3.